The number of nitro benzene ring substituents is 1. The van der Waals surface area contributed by atoms with Crippen LogP contribution in [0, 0.1) is 10.1 Å². The minimum Gasteiger partial charge on any atom is -0.494 e. The zero-order chi connectivity index (χ0) is 32.2. The number of benzene rings is 3. The molecule has 4 aromatic rings. The number of nitrogens with zero attached hydrogens (tertiary/aromatic N) is 4. The molecule has 3 heterocycles. The molecule has 1 aromatic heterocycles. The Kier molecular flexibility index (Phi) is 9.08. The Hall–Kier alpha value is -5.07. The molecule has 12 heteroatoms. The number of esters is 1. The standard InChI is InChI=1S/C34H32N4O7S/c1-3-44-26-13-10-23(11-14-26)31-29(33(40)45-4-2)30(22-8-6-5-7-9-22)35-34-37(31)32(39)28(46-34)21-24-20-25(38(41)42)12-15-27(24)36-16-18-43-19-17-36/h5-15,20-21,31H,3-4,16-19H2,1-2H3/b28-21-. The highest BCUT2D eigenvalue weighted by molar-refractivity contribution is 7.07. The zero-order valence-electron chi connectivity index (χ0n) is 25.4. The summed E-state index contributed by atoms with van der Waals surface area (Å²) < 4.78 is 18.5. The van der Waals surface area contributed by atoms with Crippen molar-refractivity contribution < 1.29 is 23.9 Å². The van der Waals surface area contributed by atoms with Gasteiger partial charge in [0, 0.05) is 42.0 Å². The molecule has 1 saturated heterocycles. The number of nitro groups is 1. The van der Waals surface area contributed by atoms with Gasteiger partial charge in [-0.3, -0.25) is 19.5 Å². The molecule has 0 N–H and O–H groups in total. The zero-order valence-corrected chi connectivity index (χ0v) is 26.2. The summed E-state index contributed by atoms with van der Waals surface area (Å²) in [6, 6.07) is 20.4. The third-order valence-corrected chi connectivity index (χ3v) is 8.72. The van der Waals surface area contributed by atoms with E-state index >= 15 is 0 Å². The molecule has 0 aliphatic carbocycles. The van der Waals surface area contributed by atoms with Gasteiger partial charge in [-0.15, -0.1) is 0 Å². The Bertz CT molecular complexity index is 1980. The van der Waals surface area contributed by atoms with Crippen LogP contribution in [0.3, 0.4) is 0 Å². The van der Waals surface area contributed by atoms with Gasteiger partial charge < -0.3 is 19.1 Å². The topological polar surface area (TPSA) is 126 Å². The molecule has 0 bridgehead atoms. The number of fused-ring (bicyclic) bond motifs is 1. The van der Waals surface area contributed by atoms with Gasteiger partial charge in [0.05, 0.1) is 53.2 Å². The number of aromatic nitrogens is 1. The highest BCUT2D eigenvalue weighted by Crippen LogP contribution is 2.36. The smallest absolute Gasteiger partial charge is 0.338 e. The van der Waals surface area contributed by atoms with E-state index in [-0.39, 0.29) is 23.4 Å². The van der Waals surface area contributed by atoms with Crippen LogP contribution in [0.4, 0.5) is 11.4 Å². The first-order valence-electron chi connectivity index (χ1n) is 15.0. The Labute approximate surface area is 268 Å². The average molecular weight is 641 g/mol. The van der Waals surface area contributed by atoms with Crippen LogP contribution >= 0.6 is 11.3 Å². The van der Waals surface area contributed by atoms with Crippen LogP contribution in [0.2, 0.25) is 0 Å². The Morgan fingerprint density at radius 1 is 1.07 bits per heavy atom. The lowest BCUT2D eigenvalue weighted by Crippen LogP contribution is -2.40. The summed E-state index contributed by atoms with van der Waals surface area (Å²) in [5.74, 6) is 0.0801. The Balaban J connectivity index is 1.60. The largest absolute Gasteiger partial charge is 0.494 e. The van der Waals surface area contributed by atoms with Gasteiger partial charge in [0.1, 0.15) is 5.75 Å². The number of anilines is 1. The van der Waals surface area contributed by atoms with Crippen molar-refractivity contribution in [1.82, 2.24) is 4.57 Å². The number of hydrogen-bond donors (Lipinski definition) is 0. The van der Waals surface area contributed by atoms with Gasteiger partial charge in [0.2, 0.25) is 0 Å². The molecule has 0 saturated carbocycles. The second kappa shape index (κ2) is 13.5. The van der Waals surface area contributed by atoms with Crippen molar-refractivity contribution in [3.8, 4) is 5.75 Å². The normalized spacial score (nSPS) is 16.5. The van der Waals surface area contributed by atoms with E-state index in [2.05, 4.69) is 4.90 Å². The third kappa shape index (κ3) is 6.09. The summed E-state index contributed by atoms with van der Waals surface area (Å²) in [5, 5.41) is 11.7. The van der Waals surface area contributed by atoms with Gasteiger partial charge >= 0.3 is 5.97 Å². The fourth-order valence-corrected chi connectivity index (χ4v) is 6.67. The monoisotopic (exact) mass is 640 g/mol. The minimum atomic E-state index is -0.854. The predicted octanol–water partition coefficient (Wildman–Crippen LogP) is 4.08. The van der Waals surface area contributed by atoms with Crippen LogP contribution in [-0.2, 0) is 14.3 Å². The van der Waals surface area contributed by atoms with Gasteiger partial charge in [-0.25, -0.2) is 9.79 Å². The maximum Gasteiger partial charge on any atom is 0.338 e. The van der Waals surface area contributed by atoms with Crippen LogP contribution in [0.1, 0.15) is 36.6 Å². The summed E-state index contributed by atoms with van der Waals surface area (Å²) in [6.45, 7) is 6.53. The first-order chi connectivity index (χ1) is 22.4. The van der Waals surface area contributed by atoms with E-state index < -0.39 is 16.9 Å². The van der Waals surface area contributed by atoms with Crippen LogP contribution in [0.5, 0.6) is 5.75 Å². The number of ether oxygens (including phenoxy) is 3. The highest BCUT2D eigenvalue weighted by atomic mass is 32.1. The summed E-state index contributed by atoms with van der Waals surface area (Å²) in [6.07, 6.45) is 1.67. The van der Waals surface area contributed by atoms with E-state index in [1.807, 2.05) is 49.4 Å². The van der Waals surface area contributed by atoms with E-state index in [1.54, 1.807) is 31.2 Å². The van der Waals surface area contributed by atoms with Crippen molar-refractivity contribution in [2.75, 3.05) is 44.4 Å². The fourth-order valence-electron chi connectivity index (χ4n) is 5.67. The SMILES string of the molecule is CCOC(=O)C1=C(c2ccccc2)N=c2s/c(=C\c3cc([N+](=O)[O-])ccc3N3CCOCC3)c(=O)n2C1c1ccc(OCC)cc1. The van der Waals surface area contributed by atoms with Gasteiger partial charge in [0.25, 0.3) is 11.2 Å². The number of carbonyl (C=O) groups is 1. The molecular weight excluding hydrogens is 608 g/mol. The molecule has 0 amide bonds. The summed E-state index contributed by atoms with van der Waals surface area (Å²) in [5.41, 5.74) is 2.86. The molecule has 46 heavy (non-hydrogen) atoms. The molecule has 1 fully saturated rings. The van der Waals surface area contributed by atoms with E-state index in [0.29, 0.717) is 70.4 Å². The lowest BCUT2D eigenvalue weighted by atomic mass is 9.93. The molecule has 236 valence electrons. The van der Waals surface area contributed by atoms with Crippen molar-refractivity contribution in [2.24, 2.45) is 4.99 Å². The first-order valence-corrected chi connectivity index (χ1v) is 15.8. The molecule has 6 rings (SSSR count). The van der Waals surface area contributed by atoms with E-state index in [9.17, 15) is 19.7 Å². The number of carbonyl (C=O) groups excluding carboxylic acids is 1. The molecule has 11 nitrogen and oxygen atoms in total. The van der Waals surface area contributed by atoms with Crippen molar-refractivity contribution in [3.63, 3.8) is 0 Å². The van der Waals surface area contributed by atoms with Crippen molar-refractivity contribution in [3.05, 3.63) is 125 Å². The predicted molar refractivity (Wildman–Crippen MR) is 175 cm³/mol. The quantitative estimate of drug-likeness (QED) is 0.152. The third-order valence-electron chi connectivity index (χ3n) is 7.74. The Morgan fingerprint density at radius 2 is 1.80 bits per heavy atom. The first kappa shape index (κ1) is 30.9. The lowest BCUT2D eigenvalue weighted by Gasteiger charge is -2.30. The highest BCUT2D eigenvalue weighted by Gasteiger charge is 2.35. The molecule has 1 unspecified atom stereocenters. The molecule has 0 spiro atoms. The van der Waals surface area contributed by atoms with E-state index in [0.717, 1.165) is 5.69 Å². The van der Waals surface area contributed by atoms with Gasteiger partial charge in [-0.05, 0) is 43.7 Å². The van der Waals surface area contributed by atoms with Crippen LogP contribution in [0.15, 0.2) is 88.2 Å². The van der Waals surface area contributed by atoms with Crippen LogP contribution < -0.4 is 24.5 Å². The molecule has 3 aromatic carbocycles. The second-order valence-electron chi connectivity index (χ2n) is 10.5. The molecule has 1 atom stereocenters. The van der Waals surface area contributed by atoms with Crippen LogP contribution in [0.25, 0.3) is 11.8 Å². The van der Waals surface area contributed by atoms with Gasteiger partial charge in [-0.1, -0.05) is 53.8 Å². The van der Waals surface area contributed by atoms with Crippen molar-refractivity contribution in [2.45, 2.75) is 19.9 Å². The number of rotatable bonds is 9. The van der Waals surface area contributed by atoms with Crippen molar-refractivity contribution >= 4 is 40.5 Å². The van der Waals surface area contributed by atoms with E-state index in [1.165, 1.54) is 28.0 Å². The lowest BCUT2D eigenvalue weighted by molar-refractivity contribution is -0.384. The molecule has 2 aliphatic rings. The number of hydrogen-bond acceptors (Lipinski definition) is 10. The van der Waals surface area contributed by atoms with Gasteiger partial charge in [0.15, 0.2) is 4.80 Å². The Morgan fingerprint density at radius 3 is 2.48 bits per heavy atom. The molecule has 0 radical (unpaired) electrons. The molecule has 2 aliphatic heterocycles. The summed E-state index contributed by atoms with van der Waals surface area (Å²) in [4.78, 5) is 46.7. The minimum absolute atomic E-state index is 0.0840. The van der Waals surface area contributed by atoms with Crippen LogP contribution in [-0.4, -0.2) is 55.0 Å². The number of morpholine rings is 1. The van der Waals surface area contributed by atoms with Crippen molar-refractivity contribution in [1.29, 1.82) is 0 Å². The molecular formula is C34H32N4O7S. The van der Waals surface area contributed by atoms with Gasteiger partial charge in [-0.2, -0.15) is 0 Å². The maximum atomic E-state index is 14.4. The number of non-ortho nitro benzene ring substituents is 1. The fraction of sp³-hybridized carbons (Fsp3) is 0.265. The maximum absolute atomic E-state index is 14.4. The summed E-state index contributed by atoms with van der Waals surface area (Å²) in [7, 11) is 0. The summed E-state index contributed by atoms with van der Waals surface area (Å²) >= 11 is 1.17. The number of thiazole rings is 1. The average Bonchev–Trinajstić information content (AvgIpc) is 3.39. The second-order valence-corrected chi connectivity index (χ2v) is 11.5. The van der Waals surface area contributed by atoms with E-state index in [4.69, 9.17) is 19.2 Å².